The van der Waals surface area contributed by atoms with Crippen LogP contribution in [0.3, 0.4) is 0 Å². The van der Waals surface area contributed by atoms with Crippen molar-refractivity contribution in [2.24, 2.45) is 0 Å². The SMILES string of the molecule is CCOc1ccc(C=C2C(=O)NC(=S)N(c3ccccc3CC)C2=O)cc1Cl. The summed E-state index contributed by atoms with van der Waals surface area (Å²) in [7, 11) is 0. The Hall–Kier alpha value is -2.70. The van der Waals surface area contributed by atoms with Crippen LogP contribution in [-0.4, -0.2) is 23.5 Å². The Morgan fingerprint density at radius 1 is 1.18 bits per heavy atom. The number of ether oxygens (including phenoxy) is 1. The van der Waals surface area contributed by atoms with E-state index in [2.05, 4.69) is 5.32 Å². The van der Waals surface area contributed by atoms with Gasteiger partial charge in [-0.3, -0.25) is 19.8 Å². The number of halogens is 1. The Bertz CT molecular complexity index is 987. The first-order chi connectivity index (χ1) is 13.5. The number of nitrogens with zero attached hydrogens (tertiary/aromatic N) is 1. The number of para-hydroxylation sites is 1. The van der Waals surface area contributed by atoms with Crippen LogP contribution < -0.4 is 15.0 Å². The fourth-order valence-corrected chi connectivity index (χ4v) is 3.47. The zero-order valence-corrected chi connectivity index (χ0v) is 17.1. The van der Waals surface area contributed by atoms with Crippen molar-refractivity contribution in [2.45, 2.75) is 20.3 Å². The van der Waals surface area contributed by atoms with Crippen molar-refractivity contribution in [1.29, 1.82) is 0 Å². The van der Waals surface area contributed by atoms with Crippen LogP contribution in [-0.2, 0) is 16.0 Å². The maximum atomic E-state index is 13.1. The molecule has 1 fully saturated rings. The average Bonchev–Trinajstić information content (AvgIpc) is 2.67. The zero-order valence-electron chi connectivity index (χ0n) is 15.5. The summed E-state index contributed by atoms with van der Waals surface area (Å²) >= 11 is 11.5. The average molecular weight is 415 g/mol. The summed E-state index contributed by atoms with van der Waals surface area (Å²) < 4.78 is 5.41. The van der Waals surface area contributed by atoms with E-state index in [1.54, 1.807) is 18.2 Å². The molecule has 7 heteroatoms. The van der Waals surface area contributed by atoms with Gasteiger partial charge in [0.1, 0.15) is 11.3 Å². The number of amides is 2. The Kier molecular flexibility index (Phi) is 6.11. The van der Waals surface area contributed by atoms with Crippen LogP contribution in [0.25, 0.3) is 6.08 Å². The number of nitrogens with one attached hydrogen (secondary N) is 1. The fourth-order valence-electron chi connectivity index (χ4n) is 2.95. The standard InChI is InChI=1S/C21H19ClN2O3S/c1-3-14-7-5-6-8-17(14)24-20(26)15(19(25)23-21(24)28)11-13-9-10-18(27-4-2)16(22)12-13/h5-12H,3-4H2,1-2H3,(H,23,25,28). The smallest absolute Gasteiger partial charge is 0.270 e. The van der Waals surface area contributed by atoms with Crippen molar-refractivity contribution in [3.8, 4) is 5.75 Å². The summed E-state index contributed by atoms with van der Waals surface area (Å²) in [5, 5.41) is 3.07. The molecule has 0 unspecified atom stereocenters. The summed E-state index contributed by atoms with van der Waals surface area (Å²) in [6, 6.07) is 12.6. The summed E-state index contributed by atoms with van der Waals surface area (Å²) in [6.45, 7) is 4.35. The van der Waals surface area contributed by atoms with Crippen LogP contribution in [0, 0.1) is 0 Å². The lowest BCUT2D eigenvalue weighted by molar-refractivity contribution is -0.122. The number of hydrogen-bond acceptors (Lipinski definition) is 4. The zero-order chi connectivity index (χ0) is 20.3. The van der Waals surface area contributed by atoms with E-state index in [0.29, 0.717) is 28.6 Å². The van der Waals surface area contributed by atoms with Gasteiger partial charge in [0, 0.05) is 0 Å². The number of carbonyl (C=O) groups excluding carboxylic acids is 2. The van der Waals surface area contributed by atoms with Crippen molar-refractivity contribution >= 4 is 52.5 Å². The van der Waals surface area contributed by atoms with E-state index < -0.39 is 11.8 Å². The molecule has 3 rings (SSSR count). The summed E-state index contributed by atoms with van der Waals surface area (Å²) in [5.74, 6) is -0.463. The molecule has 0 bridgehead atoms. The van der Waals surface area contributed by atoms with Crippen molar-refractivity contribution in [2.75, 3.05) is 11.5 Å². The molecule has 144 valence electrons. The van der Waals surface area contributed by atoms with Crippen molar-refractivity contribution in [1.82, 2.24) is 5.32 Å². The molecular weight excluding hydrogens is 396 g/mol. The lowest BCUT2D eigenvalue weighted by Gasteiger charge is -2.30. The molecule has 0 spiro atoms. The number of carbonyl (C=O) groups is 2. The highest BCUT2D eigenvalue weighted by Gasteiger charge is 2.35. The first-order valence-corrected chi connectivity index (χ1v) is 9.66. The first-order valence-electron chi connectivity index (χ1n) is 8.88. The third-order valence-corrected chi connectivity index (χ3v) is 4.86. The second-order valence-electron chi connectivity index (χ2n) is 6.06. The first kappa shape index (κ1) is 20.0. The summed E-state index contributed by atoms with van der Waals surface area (Å²) in [5.41, 5.74) is 2.22. The Morgan fingerprint density at radius 2 is 1.93 bits per heavy atom. The van der Waals surface area contributed by atoms with E-state index in [1.807, 2.05) is 38.1 Å². The molecule has 2 aromatic rings. The van der Waals surface area contributed by atoms with E-state index in [4.69, 9.17) is 28.6 Å². The van der Waals surface area contributed by atoms with Gasteiger partial charge in [0.2, 0.25) is 0 Å². The van der Waals surface area contributed by atoms with E-state index in [1.165, 1.54) is 11.0 Å². The predicted octanol–water partition coefficient (Wildman–Crippen LogP) is 4.13. The molecule has 2 amide bonds. The van der Waals surface area contributed by atoms with Crippen LogP contribution in [0.4, 0.5) is 5.69 Å². The van der Waals surface area contributed by atoms with Gasteiger partial charge in [-0.2, -0.15) is 0 Å². The van der Waals surface area contributed by atoms with Gasteiger partial charge in [-0.15, -0.1) is 0 Å². The lowest BCUT2D eigenvalue weighted by Crippen LogP contribution is -2.54. The number of anilines is 1. The predicted molar refractivity (Wildman–Crippen MR) is 115 cm³/mol. The molecule has 28 heavy (non-hydrogen) atoms. The van der Waals surface area contributed by atoms with Crippen LogP contribution in [0.1, 0.15) is 25.0 Å². The van der Waals surface area contributed by atoms with Crippen molar-refractivity contribution in [3.63, 3.8) is 0 Å². The van der Waals surface area contributed by atoms with Crippen LogP contribution in [0.2, 0.25) is 5.02 Å². The molecule has 0 saturated carbocycles. The monoisotopic (exact) mass is 414 g/mol. The van der Waals surface area contributed by atoms with Gasteiger partial charge < -0.3 is 4.74 Å². The Labute approximate surface area is 173 Å². The molecule has 2 aromatic carbocycles. The van der Waals surface area contributed by atoms with Gasteiger partial charge in [-0.1, -0.05) is 42.8 Å². The maximum absolute atomic E-state index is 13.1. The van der Waals surface area contributed by atoms with Crippen LogP contribution in [0.15, 0.2) is 48.0 Å². The molecule has 1 aliphatic heterocycles. The number of hydrogen-bond donors (Lipinski definition) is 1. The molecule has 1 N–H and O–H groups in total. The molecule has 0 aliphatic carbocycles. The minimum absolute atomic E-state index is 0.0141. The Balaban J connectivity index is 2.00. The van der Waals surface area contributed by atoms with Gasteiger partial charge in [-0.05, 0) is 61.0 Å². The van der Waals surface area contributed by atoms with Gasteiger partial charge in [0.05, 0.1) is 17.3 Å². The number of aryl methyl sites for hydroxylation is 1. The van der Waals surface area contributed by atoms with Gasteiger partial charge in [-0.25, -0.2) is 0 Å². The number of thiocarbonyl (C=S) groups is 1. The molecule has 0 atom stereocenters. The topological polar surface area (TPSA) is 58.6 Å². The van der Waals surface area contributed by atoms with E-state index >= 15 is 0 Å². The largest absolute Gasteiger partial charge is 0.492 e. The minimum atomic E-state index is -0.537. The normalized spacial score (nSPS) is 15.8. The molecular formula is C21H19ClN2O3S. The molecule has 1 aliphatic rings. The number of rotatable bonds is 5. The maximum Gasteiger partial charge on any atom is 0.270 e. The highest BCUT2D eigenvalue weighted by molar-refractivity contribution is 7.80. The van der Waals surface area contributed by atoms with Gasteiger partial charge in [0.15, 0.2) is 5.11 Å². The fraction of sp³-hybridized carbons (Fsp3) is 0.190. The van der Waals surface area contributed by atoms with E-state index in [-0.39, 0.29) is 10.7 Å². The minimum Gasteiger partial charge on any atom is -0.492 e. The third kappa shape index (κ3) is 3.93. The molecule has 1 saturated heterocycles. The number of benzene rings is 2. The molecule has 0 radical (unpaired) electrons. The Morgan fingerprint density at radius 3 is 2.61 bits per heavy atom. The molecule has 5 nitrogen and oxygen atoms in total. The van der Waals surface area contributed by atoms with Crippen LogP contribution in [0.5, 0.6) is 5.75 Å². The summed E-state index contributed by atoms with van der Waals surface area (Å²) in [4.78, 5) is 26.9. The van der Waals surface area contributed by atoms with E-state index in [0.717, 1.165) is 12.0 Å². The molecule has 1 heterocycles. The van der Waals surface area contributed by atoms with Crippen molar-refractivity contribution < 1.29 is 14.3 Å². The van der Waals surface area contributed by atoms with Crippen LogP contribution >= 0.6 is 23.8 Å². The summed E-state index contributed by atoms with van der Waals surface area (Å²) in [6.07, 6.45) is 2.23. The second-order valence-corrected chi connectivity index (χ2v) is 6.86. The van der Waals surface area contributed by atoms with E-state index in [9.17, 15) is 9.59 Å². The molecule has 0 aromatic heterocycles. The van der Waals surface area contributed by atoms with Gasteiger partial charge >= 0.3 is 0 Å². The highest BCUT2D eigenvalue weighted by atomic mass is 35.5. The van der Waals surface area contributed by atoms with Gasteiger partial charge in [0.25, 0.3) is 11.8 Å². The highest BCUT2D eigenvalue weighted by Crippen LogP contribution is 2.29. The van der Waals surface area contributed by atoms with Crippen molar-refractivity contribution in [3.05, 3.63) is 64.2 Å². The lowest BCUT2D eigenvalue weighted by atomic mass is 10.0. The second kappa shape index (κ2) is 8.54. The third-order valence-electron chi connectivity index (χ3n) is 4.28. The quantitative estimate of drug-likeness (QED) is 0.454.